The van der Waals surface area contributed by atoms with Gasteiger partial charge in [0, 0.05) is 18.3 Å². The molecule has 0 spiro atoms. The van der Waals surface area contributed by atoms with E-state index in [1.807, 2.05) is 13.1 Å². The predicted octanol–water partition coefficient (Wildman–Crippen LogP) is 3.18. The van der Waals surface area contributed by atoms with Crippen LogP contribution in [0.25, 0.3) is 0 Å². The van der Waals surface area contributed by atoms with E-state index in [0.717, 1.165) is 31.0 Å². The number of aromatic nitrogens is 1. The molecule has 0 bridgehead atoms. The van der Waals surface area contributed by atoms with Crippen LogP contribution >= 0.6 is 0 Å². The molecule has 0 aliphatic carbocycles. The molecule has 0 radical (unpaired) electrons. The molecular formula is C15H26N2O. The van der Waals surface area contributed by atoms with Gasteiger partial charge in [0.25, 0.3) is 0 Å². The van der Waals surface area contributed by atoms with Gasteiger partial charge in [-0.1, -0.05) is 20.8 Å². The number of rotatable bonds is 7. The van der Waals surface area contributed by atoms with Crippen LogP contribution in [0.15, 0.2) is 12.1 Å². The number of hydrogen-bond acceptors (Lipinski definition) is 3. The first-order chi connectivity index (χ1) is 8.55. The van der Waals surface area contributed by atoms with Crippen molar-refractivity contribution in [3.8, 4) is 5.88 Å². The Hall–Kier alpha value is -1.09. The monoisotopic (exact) mass is 250 g/mol. The Bertz CT molecular complexity index is 364. The molecule has 0 fully saturated rings. The smallest absolute Gasteiger partial charge is 0.214 e. The number of ether oxygens (including phenoxy) is 1. The third-order valence-corrected chi connectivity index (χ3v) is 2.78. The molecule has 18 heavy (non-hydrogen) atoms. The van der Waals surface area contributed by atoms with E-state index in [0.29, 0.717) is 5.92 Å². The highest BCUT2D eigenvalue weighted by Crippen LogP contribution is 2.17. The molecule has 0 amide bonds. The molecule has 1 rings (SSSR count). The molecule has 102 valence electrons. The fourth-order valence-electron chi connectivity index (χ4n) is 2.09. The van der Waals surface area contributed by atoms with Crippen molar-refractivity contribution in [2.45, 2.75) is 53.2 Å². The standard InChI is InChI=1S/C15H26N2O/c1-6-14-8-13(10-16-5)9-15(17-14)18-12(4)7-11(2)3/h8-9,11-12,16H,6-7,10H2,1-5H3. The van der Waals surface area contributed by atoms with Crippen molar-refractivity contribution in [3.05, 3.63) is 23.4 Å². The van der Waals surface area contributed by atoms with Crippen molar-refractivity contribution in [2.75, 3.05) is 7.05 Å². The first kappa shape index (κ1) is 15.0. The van der Waals surface area contributed by atoms with Gasteiger partial charge in [-0.05, 0) is 44.4 Å². The average Bonchev–Trinajstić information content (AvgIpc) is 2.27. The highest BCUT2D eigenvalue weighted by atomic mass is 16.5. The Morgan fingerprint density at radius 3 is 2.56 bits per heavy atom. The van der Waals surface area contributed by atoms with E-state index in [-0.39, 0.29) is 6.10 Å². The van der Waals surface area contributed by atoms with Crippen molar-refractivity contribution in [3.63, 3.8) is 0 Å². The zero-order valence-corrected chi connectivity index (χ0v) is 12.3. The van der Waals surface area contributed by atoms with Crippen molar-refractivity contribution in [1.82, 2.24) is 10.3 Å². The van der Waals surface area contributed by atoms with Gasteiger partial charge in [0.1, 0.15) is 0 Å². The van der Waals surface area contributed by atoms with E-state index in [9.17, 15) is 0 Å². The van der Waals surface area contributed by atoms with E-state index in [4.69, 9.17) is 4.74 Å². The molecule has 0 saturated carbocycles. The maximum absolute atomic E-state index is 5.92. The molecular weight excluding hydrogens is 224 g/mol. The Balaban J connectivity index is 2.77. The summed E-state index contributed by atoms with van der Waals surface area (Å²) in [7, 11) is 1.95. The summed E-state index contributed by atoms with van der Waals surface area (Å²) in [6.07, 6.45) is 2.21. The van der Waals surface area contributed by atoms with Crippen molar-refractivity contribution in [1.29, 1.82) is 0 Å². The Kier molecular flexibility index (Phi) is 6.13. The van der Waals surface area contributed by atoms with E-state index in [1.165, 1.54) is 5.56 Å². The number of pyridine rings is 1. The molecule has 1 aromatic rings. The summed E-state index contributed by atoms with van der Waals surface area (Å²) in [5, 5.41) is 3.16. The van der Waals surface area contributed by atoms with E-state index in [2.05, 4.69) is 44.1 Å². The van der Waals surface area contributed by atoms with Gasteiger partial charge in [-0.15, -0.1) is 0 Å². The van der Waals surface area contributed by atoms with Gasteiger partial charge < -0.3 is 10.1 Å². The second kappa shape index (κ2) is 7.37. The largest absolute Gasteiger partial charge is 0.475 e. The number of nitrogens with one attached hydrogen (secondary N) is 1. The zero-order chi connectivity index (χ0) is 13.5. The summed E-state index contributed by atoms with van der Waals surface area (Å²) >= 11 is 0. The summed E-state index contributed by atoms with van der Waals surface area (Å²) in [6.45, 7) is 9.50. The van der Waals surface area contributed by atoms with E-state index < -0.39 is 0 Å². The zero-order valence-electron chi connectivity index (χ0n) is 12.3. The molecule has 1 unspecified atom stereocenters. The minimum atomic E-state index is 0.215. The Morgan fingerprint density at radius 1 is 1.28 bits per heavy atom. The topological polar surface area (TPSA) is 34.1 Å². The van der Waals surface area contributed by atoms with Crippen LogP contribution in [0.4, 0.5) is 0 Å². The second-order valence-electron chi connectivity index (χ2n) is 5.25. The van der Waals surface area contributed by atoms with Gasteiger partial charge in [-0.3, -0.25) is 0 Å². The summed E-state index contributed by atoms with van der Waals surface area (Å²) in [5.74, 6) is 1.40. The minimum absolute atomic E-state index is 0.215. The Morgan fingerprint density at radius 2 is 2.00 bits per heavy atom. The quantitative estimate of drug-likeness (QED) is 0.807. The van der Waals surface area contributed by atoms with Crippen LogP contribution in [-0.4, -0.2) is 18.1 Å². The lowest BCUT2D eigenvalue weighted by atomic mass is 10.1. The molecule has 1 heterocycles. The summed E-state index contributed by atoms with van der Waals surface area (Å²) in [4.78, 5) is 4.53. The molecule has 0 aliphatic heterocycles. The maximum atomic E-state index is 5.92. The van der Waals surface area contributed by atoms with Gasteiger partial charge in [0.05, 0.1) is 6.10 Å². The number of nitrogens with zero attached hydrogens (tertiary/aromatic N) is 1. The lowest BCUT2D eigenvalue weighted by molar-refractivity contribution is 0.185. The average molecular weight is 250 g/mol. The molecule has 3 heteroatoms. The molecule has 0 saturated heterocycles. The van der Waals surface area contributed by atoms with Gasteiger partial charge in [0.2, 0.25) is 5.88 Å². The van der Waals surface area contributed by atoms with Crippen LogP contribution in [0.3, 0.4) is 0 Å². The van der Waals surface area contributed by atoms with Crippen molar-refractivity contribution < 1.29 is 4.74 Å². The third-order valence-electron chi connectivity index (χ3n) is 2.78. The predicted molar refractivity (Wildman–Crippen MR) is 75.9 cm³/mol. The van der Waals surface area contributed by atoms with Gasteiger partial charge in [0.15, 0.2) is 0 Å². The lowest BCUT2D eigenvalue weighted by Crippen LogP contribution is -2.16. The molecule has 1 N–H and O–H groups in total. The molecule has 0 aliphatic rings. The van der Waals surface area contributed by atoms with Crippen LogP contribution in [0.5, 0.6) is 5.88 Å². The molecule has 3 nitrogen and oxygen atoms in total. The van der Waals surface area contributed by atoms with Crippen LogP contribution in [-0.2, 0) is 13.0 Å². The first-order valence-electron chi connectivity index (χ1n) is 6.86. The fourth-order valence-corrected chi connectivity index (χ4v) is 2.09. The van der Waals surface area contributed by atoms with Crippen LogP contribution in [0.1, 0.15) is 45.4 Å². The van der Waals surface area contributed by atoms with Crippen molar-refractivity contribution in [2.24, 2.45) is 5.92 Å². The highest BCUT2D eigenvalue weighted by Gasteiger charge is 2.09. The highest BCUT2D eigenvalue weighted by molar-refractivity contribution is 5.25. The summed E-state index contributed by atoms with van der Waals surface area (Å²) < 4.78 is 5.92. The molecule has 1 aromatic heterocycles. The van der Waals surface area contributed by atoms with Gasteiger partial charge >= 0.3 is 0 Å². The normalized spacial score (nSPS) is 12.8. The third kappa shape index (κ3) is 5.05. The van der Waals surface area contributed by atoms with Crippen LogP contribution in [0, 0.1) is 5.92 Å². The second-order valence-corrected chi connectivity index (χ2v) is 5.25. The minimum Gasteiger partial charge on any atom is -0.475 e. The fraction of sp³-hybridized carbons (Fsp3) is 0.667. The first-order valence-corrected chi connectivity index (χ1v) is 6.86. The SMILES string of the molecule is CCc1cc(CNC)cc(OC(C)CC(C)C)n1. The summed E-state index contributed by atoms with van der Waals surface area (Å²) in [6, 6.07) is 4.17. The van der Waals surface area contributed by atoms with E-state index in [1.54, 1.807) is 0 Å². The number of aryl methyl sites for hydroxylation is 1. The summed E-state index contributed by atoms with van der Waals surface area (Å²) in [5.41, 5.74) is 2.32. The molecule has 1 atom stereocenters. The Labute approximate surface area is 111 Å². The molecule has 0 aromatic carbocycles. The van der Waals surface area contributed by atoms with Gasteiger partial charge in [-0.25, -0.2) is 4.98 Å². The van der Waals surface area contributed by atoms with Crippen LogP contribution < -0.4 is 10.1 Å². The number of hydrogen-bond donors (Lipinski definition) is 1. The lowest BCUT2D eigenvalue weighted by Gasteiger charge is -2.17. The van der Waals surface area contributed by atoms with Crippen molar-refractivity contribution >= 4 is 0 Å². The van der Waals surface area contributed by atoms with E-state index >= 15 is 0 Å². The van der Waals surface area contributed by atoms with Gasteiger partial charge in [-0.2, -0.15) is 0 Å². The maximum Gasteiger partial charge on any atom is 0.214 e. The van der Waals surface area contributed by atoms with Crippen LogP contribution in [0.2, 0.25) is 0 Å².